The van der Waals surface area contributed by atoms with E-state index in [1.165, 1.54) is 20.1 Å². The van der Waals surface area contributed by atoms with Gasteiger partial charge in [0.05, 0.1) is 52.9 Å². The van der Waals surface area contributed by atoms with E-state index in [0.717, 1.165) is 61.4 Å². The van der Waals surface area contributed by atoms with Crippen molar-refractivity contribution in [3.63, 3.8) is 0 Å². The molecule has 2 aromatic heterocycles. The van der Waals surface area contributed by atoms with E-state index in [1.807, 2.05) is 47.8 Å². The van der Waals surface area contributed by atoms with E-state index in [1.54, 1.807) is 28.4 Å². The Kier molecular flexibility index (Phi) is 19.4. The lowest BCUT2D eigenvalue weighted by atomic mass is 10.4. The van der Waals surface area contributed by atoms with Gasteiger partial charge >= 0.3 is 0 Å². The smallest absolute Gasteiger partial charge is 0.181 e. The number of methoxy groups -OCH3 is 4. The highest BCUT2D eigenvalue weighted by molar-refractivity contribution is 8.31. The molecule has 0 atom stereocenters. The number of ether oxygens (including phenoxy) is 8. The van der Waals surface area contributed by atoms with E-state index in [0.29, 0.717) is 81.4 Å². The molecule has 0 bridgehead atoms. The number of rotatable bonds is 28. The zero-order valence-corrected chi connectivity index (χ0v) is 34.0. The third kappa shape index (κ3) is 11.9. The van der Waals surface area contributed by atoms with E-state index in [9.17, 15) is 0 Å². The van der Waals surface area contributed by atoms with Crippen molar-refractivity contribution in [1.29, 1.82) is 0 Å². The van der Waals surface area contributed by atoms with Gasteiger partial charge in [-0.2, -0.15) is 0 Å². The molecule has 13 nitrogen and oxygen atoms in total. The van der Waals surface area contributed by atoms with Gasteiger partial charge in [0, 0.05) is 81.0 Å². The monoisotopic (exact) mass is 802 g/mol. The molecule has 4 rings (SSSR count). The fourth-order valence-electron chi connectivity index (χ4n) is 5.05. The van der Waals surface area contributed by atoms with Crippen molar-refractivity contribution in [3.8, 4) is 0 Å². The van der Waals surface area contributed by atoms with Crippen LogP contribution in [0.1, 0.15) is 25.7 Å². The van der Waals surface area contributed by atoms with Gasteiger partial charge in [0.2, 0.25) is 0 Å². The Balaban J connectivity index is 1.52. The normalized spacial score (nSPS) is 14.8. The summed E-state index contributed by atoms with van der Waals surface area (Å²) in [5.74, 6) is 0. The van der Waals surface area contributed by atoms with E-state index in [2.05, 4.69) is 18.3 Å². The Morgan fingerprint density at radius 2 is 0.653 bits per heavy atom. The maximum Gasteiger partial charge on any atom is 0.181 e. The molecule has 0 N–H and O–H groups in total. The number of fused-ring (bicyclic) bond motifs is 2. The van der Waals surface area contributed by atoms with Crippen molar-refractivity contribution in [1.82, 2.24) is 18.3 Å². The standard InChI is InChI=1S/C30H52N5O8S6/c1-36-17-21-40-13-5-9-31-25-26(32(29(31)44)10-6-14-41-22-18-37-2)47-35(46-25)48-27-28(49-35)34(12-8-16-43-24-20-39-4)30(45)33(27)11-7-15-42-23-19-38-3/h5-24H2,1-4H3/q+1. The molecule has 0 aliphatic carbocycles. The fraction of sp³-hybridized carbons (Fsp3) is 0.800. The van der Waals surface area contributed by atoms with E-state index in [-0.39, 0.29) is 0 Å². The molecule has 0 aromatic carbocycles. The SMILES string of the molecule is COCCOCCCn1c2c(n(CCCOCCOC)c1=S)S[N+]1(S2)Sc2c(n(CCCOCCOC)c(=S)n2CCCOCCOC)S1. The van der Waals surface area contributed by atoms with Crippen LogP contribution in [0.15, 0.2) is 20.1 Å². The van der Waals surface area contributed by atoms with Crippen LogP contribution in [0.25, 0.3) is 0 Å². The van der Waals surface area contributed by atoms with Gasteiger partial charge in [0.1, 0.15) is 0 Å². The zero-order valence-electron chi connectivity index (χ0n) is 29.1. The first-order valence-corrected chi connectivity index (χ1v) is 20.5. The topological polar surface area (TPSA) is 93.6 Å². The van der Waals surface area contributed by atoms with Gasteiger partial charge in [-0.15, -0.1) is 0 Å². The highest BCUT2D eigenvalue weighted by Crippen LogP contribution is 2.71. The van der Waals surface area contributed by atoms with E-state index < -0.39 is 0 Å². The largest absolute Gasteiger partial charge is 0.382 e. The van der Waals surface area contributed by atoms with E-state index in [4.69, 9.17) is 62.3 Å². The first-order chi connectivity index (χ1) is 24.0. The van der Waals surface area contributed by atoms with Crippen LogP contribution in [0.4, 0.5) is 0 Å². The van der Waals surface area contributed by atoms with Gasteiger partial charge in [-0.3, -0.25) is 0 Å². The molecule has 0 saturated heterocycles. The van der Waals surface area contributed by atoms with E-state index >= 15 is 0 Å². The van der Waals surface area contributed by atoms with Crippen LogP contribution in [-0.2, 0) is 64.1 Å². The van der Waals surface area contributed by atoms with Crippen LogP contribution in [0, 0.1) is 9.54 Å². The lowest BCUT2D eigenvalue weighted by molar-refractivity contribution is -0.268. The molecule has 19 heteroatoms. The lowest BCUT2D eigenvalue weighted by Crippen LogP contribution is -2.15. The first-order valence-electron chi connectivity index (χ1n) is 16.6. The summed E-state index contributed by atoms with van der Waals surface area (Å²) in [6, 6.07) is 0. The highest BCUT2D eigenvalue weighted by atomic mass is 32.3. The number of aromatic nitrogens is 4. The minimum absolute atomic E-state index is 0.590. The average Bonchev–Trinajstić information content (AvgIpc) is 3.78. The summed E-state index contributed by atoms with van der Waals surface area (Å²) in [5.41, 5.74) is 0. The molecule has 0 amide bonds. The number of imidazole rings is 2. The minimum Gasteiger partial charge on any atom is -0.382 e. The van der Waals surface area contributed by atoms with Crippen molar-refractivity contribution in [2.45, 2.75) is 72.0 Å². The molecule has 0 fully saturated rings. The molecule has 280 valence electrons. The van der Waals surface area contributed by atoms with Crippen molar-refractivity contribution >= 4 is 72.2 Å². The van der Waals surface area contributed by atoms with Crippen LogP contribution in [0.2, 0.25) is 0 Å². The average molecular weight is 803 g/mol. The Bertz CT molecular complexity index is 1190. The van der Waals surface area contributed by atoms with Gasteiger partial charge in [0.15, 0.2) is 77.4 Å². The Labute approximate surface area is 318 Å². The molecule has 49 heavy (non-hydrogen) atoms. The second kappa shape index (κ2) is 22.9. The maximum absolute atomic E-state index is 6.08. The summed E-state index contributed by atoms with van der Waals surface area (Å²) in [7, 11) is 6.75. The predicted molar refractivity (Wildman–Crippen MR) is 199 cm³/mol. The molecular weight excluding hydrogens is 751 g/mol. The summed E-state index contributed by atoms with van der Waals surface area (Å²) < 4.78 is 55.1. The highest BCUT2D eigenvalue weighted by Gasteiger charge is 2.57. The van der Waals surface area contributed by atoms with Crippen LogP contribution >= 0.6 is 72.2 Å². The number of hydrogen-bond acceptors (Lipinski definition) is 14. The second-order valence-electron chi connectivity index (χ2n) is 11.0. The van der Waals surface area contributed by atoms with Gasteiger partial charge < -0.3 is 56.2 Å². The van der Waals surface area contributed by atoms with Gasteiger partial charge in [0.25, 0.3) is 0 Å². The van der Waals surface area contributed by atoms with Crippen LogP contribution in [-0.4, -0.2) is 128 Å². The van der Waals surface area contributed by atoms with Crippen molar-refractivity contribution in [2.24, 2.45) is 0 Å². The quantitative estimate of drug-likeness (QED) is 0.0427. The molecule has 0 radical (unpaired) electrons. The Hall–Kier alpha value is -0.100. The van der Waals surface area contributed by atoms with Gasteiger partial charge in [-0.05, 0) is 50.1 Å². The van der Waals surface area contributed by atoms with Crippen LogP contribution in [0.5, 0.6) is 0 Å². The molecule has 2 aliphatic heterocycles. The van der Waals surface area contributed by atoms with Gasteiger partial charge in [-0.25, -0.2) is 0 Å². The summed E-state index contributed by atoms with van der Waals surface area (Å²) in [5, 5.41) is 4.80. The summed E-state index contributed by atoms with van der Waals surface area (Å²) in [4.78, 5) is 0. The zero-order chi connectivity index (χ0) is 34.9. The fourth-order valence-corrected chi connectivity index (χ4v) is 12.6. The third-order valence-electron chi connectivity index (χ3n) is 7.47. The third-order valence-corrected chi connectivity index (χ3v) is 14.5. The summed E-state index contributed by atoms with van der Waals surface area (Å²) >= 11 is 19.5. The molecule has 0 unspecified atom stereocenters. The minimum atomic E-state index is 0.590. The van der Waals surface area contributed by atoms with Crippen molar-refractivity contribution in [2.75, 3.05) is 108 Å². The molecule has 2 aromatic rings. The number of hydrogen-bond donors (Lipinski definition) is 0. The molecular formula is C30H52N5O8S6+. The molecule has 1 spiro atoms. The first kappa shape index (κ1) is 41.7. The van der Waals surface area contributed by atoms with Crippen LogP contribution in [0.3, 0.4) is 0 Å². The van der Waals surface area contributed by atoms with Crippen molar-refractivity contribution < 1.29 is 40.0 Å². The number of nitrogens with zero attached hydrogens (tertiary/aromatic N) is 5. The molecule has 0 saturated carbocycles. The van der Waals surface area contributed by atoms with Crippen molar-refractivity contribution in [3.05, 3.63) is 9.54 Å². The summed E-state index contributed by atoms with van der Waals surface area (Å²) in [6.45, 7) is 10.5. The lowest BCUT2D eigenvalue weighted by Gasteiger charge is -2.19. The maximum atomic E-state index is 6.08. The Morgan fingerprint density at radius 3 is 0.878 bits per heavy atom. The Morgan fingerprint density at radius 1 is 0.408 bits per heavy atom. The summed E-state index contributed by atoms with van der Waals surface area (Å²) in [6.07, 6.45) is 3.46. The van der Waals surface area contributed by atoms with Crippen LogP contribution < -0.4 is 0 Å². The molecule has 4 heterocycles. The second-order valence-corrected chi connectivity index (χ2v) is 17.6. The predicted octanol–water partition coefficient (Wildman–Crippen LogP) is 6.14. The molecule has 2 aliphatic rings. The van der Waals surface area contributed by atoms with Gasteiger partial charge in [-0.1, -0.05) is 2.10 Å². The number of quaternary nitrogens is 1.